The summed E-state index contributed by atoms with van der Waals surface area (Å²) >= 11 is 14.2. The molecule has 82 valence electrons. The molecule has 0 aromatic heterocycles. The minimum atomic E-state index is 0.484. The SMILES string of the molecule is NCCC1CCSc2ccc(Cl)c(Cl)c21. The Balaban J connectivity index is 2.43. The van der Waals surface area contributed by atoms with Gasteiger partial charge in [0.1, 0.15) is 0 Å². The van der Waals surface area contributed by atoms with Crippen LogP contribution in [-0.4, -0.2) is 12.3 Å². The molecule has 0 spiro atoms. The predicted molar refractivity (Wildman–Crippen MR) is 68.2 cm³/mol. The molecule has 0 saturated carbocycles. The normalized spacial score (nSPS) is 20.1. The Morgan fingerprint density at radius 3 is 2.93 bits per heavy atom. The first-order valence-corrected chi connectivity index (χ1v) is 6.79. The zero-order valence-electron chi connectivity index (χ0n) is 8.30. The van der Waals surface area contributed by atoms with E-state index in [1.807, 2.05) is 17.8 Å². The lowest BCUT2D eigenvalue weighted by Crippen LogP contribution is -2.13. The molecule has 0 amide bonds. The van der Waals surface area contributed by atoms with E-state index >= 15 is 0 Å². The standard InChI is InChI=1S/C11H13Cl2NS/c12-8-1-2-9-10(11(8)13)7(3-5-14)4-6-15-9/h1-2,7H,3-6,14H2. The Morgan fingerprint density at radius 1 is 1.40 bits per heavy atom. The highest BCUT2D eigenvalue weighted by atomic mass is 35.5. The van der Waals surface area contributed by atoms with Crippen LogP contribution < -0.4 is 5.73 Å². The molecule has 1 heterocycles. The zero-order valence-corrected chi connectivity index (χ0v) is 10.6. The topological polar surface area (TPSA) is 26.0 Å². The molecule has 2 N–H and O–H groups in total. The predicted octanol–water partition coefficient (Wildman–Crippen LogP) is 3.92. The second-order valence-electron chi connectivity index (χ2n) is 3.68. The smallest absolute Gasteiger partial charge is 0.0638 e. The van der Waals surface area contributed by atoms with Crippen molar-refractivity contribution in [3.8, 4) is 0 Å². The van der Waals surface area contributed by atoms with Crippen molar-refractivity contribution in [1.82, 2.24) is 0 Å². The third-order valence-electron chi connectivity index (χ3n) is 2.74. The lowest BCUT2D eigenvalue weighted by atomic mass is 9.92. The third-order valence-corrected chi connectivity index (χ3v) is 4.67. The van der Waals surface area contributed by atoms with Gasteiger partial charge in [0.15, 0.2) is 0 Å². The average Bonchev–Trinajstić information content (AvgIpc) is 2.24. The average molecular weight is 262 g/mol. The molecule has 2 rings (SSSR count). The molecular weight excluding hydrogens is 249 g/mol. The van der Waals surface area contributed by atoms with Crippen molar-refractivity contribution in [3.05, 3.63) is 27.7 Å². The monoisotopic (exact) mass is 261 g/mol. The van der Waals surface area contributed by atoms with Gasteiger partial charge in [0.25, 0.3) is 0 Å². The van der Waals surface area contributed by atoms with E-state index in [-0.39, 0.29) is 0 Å². The quantitative estimate of drug-likeness (QED) is 0.874. The molecule has 1 unspecified atom stereocenters. The van der Waals surface area contributed by atoms with Crippen molar-refractivity contribution in [1.29, 1.82) is 0 Å². The molecule has 0 saturated heterocycles. The van der Waals surface area contributed by atoms with Gasteiger partial charge in [-0.25, -0.2) is 0 Å². The number of halogens is 2. The van der Waals surface area contributed by atoms with Crippen LogP contribution in [0.25, 0.3) is 0 Å². The van der Waals surface area contributed by atoms with E-state index in [0.29, 0.717) is 17.5 Å². The van der Waals surface area contributed by atoms with Crippen LogP contribution in [0.5, 0.6) is 0 Å². The molecule has 1 aromatic carbocycles. The van der Waals surface area contributed by atoms with Crippen LogP contribution >= 0.6 is 35.0 Å². The number of thioether (sulfide) groups is 1. The fraction of sp³-hybridized carbons (Fsp3) is 0.455. The van der Waals surface area contributed by atoms with Crippen LogP contribution in [0.3, 0.4) is 0 Å². The van der Waals surface area contributed by atoms with E-state index in [4.69, 9.17) is 28.9 Å². The van der Waals surface area contributed by atoms with Gasteiger partial charge in [-0.05, 0) is 48.8 Å². The van der Waals surface area contributed by atoms with Crippen LogP contribution in [0.4, 0.5) is 0 Å². The number of benzene rings is 1. The van der Waals surface area contributed by atoms with E-state index in [9.17, 15) is 0 Å². The van der Waals surface area contributed by atoms with Crippen LogP contribution in [0.15, 0.2) is 17.0 Å². The van der Waals surface area contributed by atoms with E-state index in [1.54, 1.807) is 0 Å². The second-order valence-corrected chi connectivity index (χ2v) is 5.61. The van der Waals surface area contributed by atoms with Crippen LogP contribution in [0.2, 0.25) is 10.0 Å². The van der Waals surface area contributed by atoms with Gasteiger partial charge < -0.3 is 5.73 Å². The molecule has 1 atom stereocenters. The van der Waals surface area contributed by atoms with Gasteiger partial charge in [-0.1, -0.05) is 23.2 Å². The fourth-order valence-electron chi connectivity index (χ4n) is 2.00. The summed E-state index contributed by atoms with van der Waals surface area (Å²) in [6.45, 7) is 0.706. The van der Waals surface area contributed by atoms with Crippen molar-refractivity contribution < 1.29 is 0 Å². The van der Waals surface area contributed by atoms with Gasteiger partial charge in [0, 0.05) is 4.90 Å². The van der Waals surface area contributed by atoms with E-state index < -0.39 is 0 Å². The van der Waals surface area contributed by atoms with Gasteiger partial charge in [0.2, 0.25) is 0 Å². The van der Waals surface area contributed by atoms with E-state index in [0.717, 1.165) is 23.6 Å². The Morgan fingerprint density at radius 2 is 2.20 bits per heavy atom. The maximum absolute atomic E-state index is 6.26. The molecule has 4 heteroatoms. The lowest BCUT2D eigenvalue weighted by molar-refractivity contribution is 0.602. The van der Waals surface area contributed by atoms with Crippen molar-refractivity contribution >= 4 is 35.0 Å². The first-order valence-electron chi connectivity index (χ1n) is 5.04. The van der Waals surface area contributed by atoms with Gasteiger partial charge in [0.05, 0.1) is 10.0 Å². The molecule has 0 radical (unpaired) electrons. The fourth-order valence-corrected chi connectivity index (χ4v) is 3.75. The van der Waals surface area contributed by atoms with Crippen LogP contribution in [0, 0.1) is 0 Å². The Hall–Kier alpha value is 0.110. The summed E-state index contributed by atoms with van der Waals surface area (Å²) in [4.78, 5) is 1.27. The minimum Gasteiger partial charge on any atom is -0.330 e. The molecule has 1 aromatic rings. The van der Waals surface area contributed by atoms with Crippen molar-refractivity contribution in [3.63, 3.8) is 0 Å². The van der Waals surface area contributed by atoms with Crippen molar-refractivity contribution in [2.75, 3.05) is 12.3 Å². The minimum absolute atomic E-state index is 0.484. The number of rotatable bonds is 2. The molecule has 1 aliphatic rings. The molecule has 1 aliphatic heterocycles. The largest absolute Gasteiger partial charge is 0.330 e. The molecule has 1 nitrogen and oxygen atoms in total. The second kappa shape index (κ2) is 4.96. The summed E-state index contributed by atoms with van der Waals surface area (Å²) in [5.41, 5.74) is 6.84. The first kappa shape index (κ1) is 11.6. The number of fused-ring (bicyclic) bond motifs is 1. The summed E-state index contributed by atoms with van der Waals surface area (Å²) in [6.07, 6.45) is 2.14. The Labute approximate surface area is 104 Å². The van der Waals surface area contributed by atoms with Gasteiger partial charge in [-0.2, -0.15) is 0 Å². The van der Waals surface area contributed by atoms with Crippen molar-refractivity contribution in [2.45, 2.75) is 23.7 Å². The Kier molecular flexibility index (Phi) is 3.83. The molecule has 0 bridgehead atoms. The third kappa shape index (κ3) is 2.28. The lowest BCUT2D eigenvalue weighted by Gasteiger charge is -2.26. The zero-order chi connectivity index (χ0) is 10.8. The number of nitrogens with two attached hydrogens (primary N) is 1. The summed E-state index contributed by atoms with van der Waals surface area (Å²) in [7, 11) is 0. The number of hydrogen-bond acceptors (Lipinski definition) is 2. The molecule has 0 aliphatic carbocycles. The summed E-state index contributed by atoms with van der Waals surface area (Å²) < 4.78 is 0. The highest BCUT2D eigenvalue weighted by molar-refractivity contribution is 7.99. The van der Waals surface area contributed by atoms with Gasteiger partial charge >= 0.3 is 0 Å². The number of hydrogen-bond donors (Lipinski definition) is 1. The highest BCUT2D eigenvalue weighted by Gasteiger charge is 2.23. The van der Waals surface area contributed by atoms with Crippen LogP contribution in [-0.2, 0) is 0 Å². The maximum Gasteiger partial charge on any atom is 0.0638 e. The molecular formula is C11H13Cl2NS. The molecule has 0 fully saturated rings. The molecule has 15 heavy (non-hydrogen) atoms. The summed E-state index contributed by atoms with van der Waals surface area (Å²) in [5, 5.41) is 1.37. The van der Waals surface area contributed by atoms with E-state index in [2.05, 4.69) is 6.07 Å². The van der Waals surface area contributed by atoms with Crippen LogP contribution in [0.1, 0.15) is 24.3 Å². The van der Waals surface area contributed by atoms with Crippen molar-refractivity contribution in [2.24, 2.45) is 5.73 Å². The Bertz CT molecular complexity index is 368. The summed E-state index contributed by atoms with van der Waals surface area (Å²) in [5.74, 6) is 1.63. The van der Waals surface area contributed by atoms with E-state index in [1.165, 1.54) is 10.5 Å². The maximum atomic E-state index is 6.26. The highest BCUT2D eigenvalue weighted by Crippen LogP contribution is 2.44. The summed E-state index contributed by atoms with van der Waals surface area (Å²) in [6, 6.07) is 3.94. The first-order chi connectivity index (χ1) is 7.24. The van der Waals surface area contributed by atoms with Gasteiger partial charge in [-0.15, -0.1) is 11.8 Å². The van der Waals surface area contributed by atoms with Gasteiger partial charge in [-0.3, -0.25) is 0 Å².